The molecule has 25 heavy (non-hydrogen) atoms. The van der Waals surface area contributed by atoms with Crippen molar-refractivity contribution in [2.75, 3.05) is 20.0 Å². The third-order valence-electron chi connectivity index (χ3n) is 4.37. The largest absolute Gasteiger partial charge is 0.493 e. The van der Waals surface area contributed by atoms with Crippen molar-refractivity contribution in [2.24, 2.45) is 0 Å². The average Bonchev–Trinajstić information content (AvgIpc) is 2.67. The summed E-state index contributed by atoms with van der Waals surface area (Å²) >= 11 is 0. The van der Waals surface area contributed by atoms with Crippen molar-refractivity contribution in [1.82, 2.24) is 9.97 Å². The van der Waals surface area contributed by atoms with Gasteiger partial charge in [-0.25, -0.2) is 9.97 Å². The molecule has 0 aliphatic rings. The molecule has 0 unspecified atom stereocenters. The van der Waals surface area contributed by atoms with Gasteiger partial charge in [0.15, 0.2) is 11.5 Å². The summed E-state index contributed by atoms with van der Waals surface area (Å²) in [5.41, 5.74) is 9.57. The number of hydrogen-bond donors (Lipinski definition) is 1. The van der Waals surface area contributed by atoms with Crippen LogP contribution in [0.15, 0.2) is 54.9 Å². The van der Waals surface area contributed by atoms with Crippen molar-refractivity contribution < 1.29 is 9.47 Å². The Bertz CT molecular complexity index is 1090. The third-order valence-corrected chi connectivity index (χ3v) is 4.37. The third kappa shape index (κ3) is 2.41. The van der Waals surface area contributed by atoms with Gasteiger partial charge in [-0.2, -0.15) is 0 Å². The molecule has 0 radical (unpaired) electrons. The maximum absolute atomic E-state index is 6.45. The number of hydrogen-bond acceptors (Lipinski definition) is 5. The number of fused-ring (bicyclic) bond motifs is 2. The quantitative estimate of drug-likeness (QED) is 0.574. The summed E-state index contributed by atoms with van der Waals surface area (Å²) in [6, 6.07) is 15.8. The van der Waals surface area contributed by atoms with Crippen LogP contribution in [0.1, 0.15) is 0 Å². The van der Waals surface area contributed by atoms with E-state index in [0.29, 0.717) is 17.2 Å². The minimum Gasteiger partial charge on any atom is -0.493 e. The topological polar surface area (TPSA) is 70.3 Å². The molecule has 0 bridgehead atoms. The molecule has 0 spiro atoms. The molecule has 2 N–H and O–H groups in total. The smallest absolute Gasteiger partial charge is 0.162 e. The lowest BCUT2D eigenvalue weighted by Crippen LogP contribution is -1.97. The Balaban J connectivity index is 2.03. The molecule has 0 atom stereocenters. The Morgan fingerprint density at radius 1 is 0.840 bits per heavy atom. The van der Waals surface area contributed by atoms with E-state index in [9.17, 15) is 0 Å². The lowest BCUT2D eigenvalue weighted by molar-refractivity contribution is 0.356. The standard InChI is InChI=1S/C20H17N3O2/c1-24-17-9-15-16(10-18(17)25-2)22-11-23-20(15)14-8-7-12-5-3-4-6-13(12)19(14)21/h3-11H,21H2,1-2H3. The maximum Gasteiger partial charge on any atom is 0.162 e. The predicted octanol–water partition coefficient (Wildman–Crippen LogP) is 4.05. The minimum atomic E-state index is 0.630. The van der Waals surface area contributed by atoms with E-state index in [-0.39, 0.29) is 0 Å². The van der Waals surface area contributed by atoms with E-state index >= 15 is 0 Å². The van der Waals surface area contributed by atoms with E-state index in [4.69, 9.17) is 15.2 Å². The number of benzene rings is 3. The van der Waals surface area contributed by atoms with Crippen LogP contribution in [-0.4, -0.2) is 24.2 Å². The van der Waals surface area contributed by atoms with Gasteiger partial charge in [0.2, 0.25) is 0 Å². The van der Waals surface area contributed by atoms with Crippen LogP contribution in [0.25, 0.3) is 32.9 Å². The molecular formula is C20H17N3O2. The molecule has 0 amide bonds. The molecular weight excluding hydrogens is 314 g/mol. The Morgan fingerprint density at radius 2 is 1.60 bits per heavy atom. The lowest BCUT2D eigenvalue weighted by Gasteiger charge is -2.13. The lowest BCUT2D eigenvalue weighted by atomic mass is 9.99. The zero-order valence-electron chi connectivity index (χ0n) is 14.0. The predicted molar refractivity (Wildman–Crippen MR) is 100.0 cm³/mol. The normalized spacial score (nSPS) is 11.0. The van der Waals surface area contributed by atoms with Gasteiger partial charge in [-0.15, -0.1) is 0 Å². The van der Waals surface area contributed by atoms with Crippen LogP contribution in [0, 0.1) is 0 Å². The Kier molecular flexibility index (Phi) is 3.61. The van der Waals surface area contributed by atoms with Crippen LogP contribution >= 0.6 is 0 Å². The molecule has 0 aliphatic heterocycles. The van der Waals surface area contributed by atoms with E-state index in [1.807, 2.05) is 42.5 Å². The summed E-state index contributed by atoms with van der Waals surface area (Å²) in [6.07, 6.45) is 1.54. The Morgan fingerprint density at radius 3 is 2.40 bits per heavy atom. The first-order valence-electron chi connectivity index (χ1n) is 7.87. The zero-order valence-corrected chi connectivity index (χ0v) is 14.0. The maximum atomic E-state index is 6.45. The number of methoxy groups -OCH3 is 2. The summed E-state index contributed by atoms with van der Waals surface area (Å²) in [6.45, 7) is 0. The molecule has 124 valence electrons. The summed E-state index contributed by atoms with van der Waals surface area (Å²) in [5, 5.41) is 2.97. The number of aromatic nitrogens is 2. The minimum absolute atomic E-state index is 0.630. The molecule has 5 heteroatoms. The highest BCUT2D eigenvalue weighted by Crippen LogP contribution is 2.38. The second kappa shape index (κ2) is 5.94. The van der Waals surface area contributed by atoms with E-state index in [0.717, 1.165) is 32.9 Å². The summed E-state index contributed by atoms with van der Waals surface area (Å²) in [4.78, 5) is 8.84. The number of anilines is 1. The molecule has 1 heterocycles. The van der Waals surface area contributed by atoms with Crippen molar-refractivity contribution in [3.63, 3.8) is 0 Å². The molecule has 5 nitrogen and oxygen atoms in total. The second-order valence-electron chi connectivity index (χ2n) is 5.69. The van der Waals surface area contributed by atoms with Gasteiger partial charge in [-0.3, -0.25) is 0 Å². The zero-order chi connectivity index (χ0) is 17.4. The summed E-state index contributed by atoms with van der Waals surface area (Å²) < 4.78 is 10.8. The van der Waals surface area contributed by atoms with E-state index in [1.165, 1.54) is 6.33 Å². The fourth-order valence-corrected chi connectivity index (χ4v) is 3.10. The number of nitrogen functional groups attached to an aromatic ring is 1. The Labute approximate surface area is 145 Å². The number of ether oxygens (including phenoxy) is 2. The van der Waals surface area contributed by atoms with E-state index in [2.05, 4.69) is 16.0 Å². The first kappa shape index (κ1) is 15.2. The van der Waals surface area contributed by atoms with Gasteiger partial charge in [0, 0.05) is 28.1 Å². The van der Waals surface area contributed by atoms with Gasteiger partial charge >= 0.3 is 0 Å². The molecule has 4 aromatic rings. The number of nitrogens with two attached hydrogens (primary N) is 1. The molecule has 3 aromatic carbocycles. The SMILES string of the molecule is COc1cc2ncnc(-c3ccc4ccccc4c3N)c2cc1OC. The van der Waals surface area contributed by atoms with Gasteiger partial charge in [0.1, 0.15) is 6.33 Å². The number of nitrogens with zero attached hydrogens (tertiary/aromatic N) is 2. The van der Waals surface area contributed by atoms with Crippen LogP contribution in [-0.2, 0) is 0 Å². The first-order valence-corrected chi connectivity index (χ1v) is 7.87. The first-order chi connectivity index (χ1) is 12.2. The van der Waals surface area contributed by atoms with Crippen molar-refractivity contribution in [1.29, 1.82) is 0 Å². The molecule has 0 saturated carbocycles. The summed E-state index contributed by atoms with van der Waals surface area (Å²) in [7, 11) is 3.21. The van der Waals surface area contributed by atoms with Crippen molar-refractivity contribution >= 4 is 27.4 Å². The second-order valence-corrected chi connectivity index (χ2v) is 5.69. The average molecular weight is 331 g/mol. The number of rotatable bonds is 3. The van der Waals surface area contributed by atoms with Crippen LogP contribution in [0.3, 0.4) is 0 Å². The monoisotopic (exact) mass is 331 g/mol. The molecule has 0 saturated heterocycles. The van der Waals surface area contributed by atoms with Gasteiger partial charge in [-0.1, -0.05) is 36.4 Å². The van der Waals surface area contributed by atoms with Crippen molar-refractivity contribution in [3.05, 3.63) is 54.9 Å². The highest BCUT2D eigenvalue weighted by molar-refractivity contribution is 6.04. The van der Waals surface area contributed by atoms with Crippen molar-refractivity contribution in [3.8, 4) is 22.8 Å². The van der Waals surface area contributed by atoms with Crippen LogP contribution in [0.2, 0.25) is 0 Å². The summed E-state index contributed by atoms with van der Waals surface area (Å²) in [5.74, 6) is 1.26. The fraction of sp³-hybridized carbons (Fsp3) is 0.100. The van der Waals surface area contributed by atoms with Crippen LogP contribution in [0.4, 0.5) is 5.69 Å². The van der Waals surface area contributed by atoms with Gasteiger partial charge in [0.25, 0.3) is 0 Å². The highest BCUT2D eigenvalue weighted by Gasteiger charge is 2.15. The van der Waals surface area contributed by atoms with Crippen LogP contribution < -0.4 is 15.2 Å². The Hall–Kier alpha value is -3.34. The fourth-order valence-electron chi connectivity index (χ4n) is 3.10. The van der Waals surface area contributed by atoms with E-state index < -0.39 is 0 Å². The van der Waals surface area contributed by atoms with Gasteiger partial charge in [0.05, 0.1) is 25.4 Å². The molecule has 0 aliphatic carbocycles. The molecule has 0 fully saturated rings. The van der Waals surface area contributed by atoms with Crippen molar-refractivity contribution in [2.45, 2.75) is 0 Å². The van der Waals surface area contributed by atoms with Crippen LogP contribution in [0.5, 0.6) is 11.5 Å². The van der Waals surface area contributed by atoms with Gasteiger partial charge in [-0.05, 0) is 11.5 Å². The van der Waals surface area contributed by atoms with E-state index in [1.54, 1.807) is 14.2 Å². The molecule has 4 rings (SSSR count). The molecule has 1 aromatic heterocycles. The highest BCUT2D eigenvalue weighted by atomic mass is 16.5. The van der Waals surface area contributed by atoms with Gasteiger partial charge < -0.3 is 15.2 Å².